The van der Waals surface area contributed by atoms with Gasteiger partial charge < -0.3 is 10.1 Å². The van der Waals surface area contributed by atoms with E-state index in [9.17, 15) is 14.9 Å². The summed E-state index contributed by atoms with van der Waals surface area (Å²) in [5.74, 6) is -2.82. The van der Waals surface area contributed by atoms with Crippen molar-refractivity contribution in [1.29, 1.82) is 5.26 Å². The lowest BCUT2D eigenvalue weighted by Gasteiger charge is -2.23. The van der Waals surface area contributed by atoms with E-state index in [1.165, 1.54) is 10.8 Å². The van der Waals surface area contributed by atoms with E-state index in [2.05, 4.69) is 32.3 Å². The number of ether oxygens (including phenoxy) is 1. The third-order valence-corrected chi connectivity index (χ3v) is 6.85. The molecule has 11 heteroatoms. The first-order valence-corrected chi connectivity index (χ1v) is 12.9. The van der Waals surface area contributed by atoms with E-state index in [0.717, 1.165) is 6.42 Å². The average Bonchev–Trinajstić information content (AvgIpc) is 3.20. The standard InChI is InChI=1S/C25H25BrF2N4O3S/c1-4-5-12-35-22(33)21(15(2)3)31-23(34)25(27,28)36-24-30-14-20(26)32(24)19-11-10-16(13-29)17-8-6-7-9-18(17)19/h6-11,14-15,21H,4-5,12H2,1-3H3,(H,31,34). The number of amides is 1. The van der Waals surface area contributed by atoms with Crippen molar-refractivity contribution in [3.8, 4) is 11.8 Å². The Hall–Kier alpha value is -2.97. The third-order valence-electron chi connectivity index (χ3n) is 5.38. The van der Waals surface area contributed by atoms with Crippen LogP contribution in [0.2, 0.25) is 0 Å². The van der Waals surface area contributed by atoms with Crippen LogP contribution < -0.4 is 5.32 Å². The molecule has 1 amide bonds. The fourth-order valence-corrected chi connectivity index (χ4v) is 4.83. The van der Waals surface area contributed by atoms with E-state index in [1.54, 1.807) is 50.2 Å². The van der Waals surface area contributed by atoms with Crippen LogP contribution in [0.1, 0.15) is 39.2 Å². The number of nitriles is 1. The molecule has 0 radical (unpaired) electrons. The minimum Gasteiger partial charge on any atom is -0.464 e. The summed E-state index contributed by atoms with van der Waals surface area (Å²) in [7, 11) is 0. The Morgan fingerprint density at radius 3 is 2.58 bits per heavy atom. The Kier molecular flexibility index (Phi) is 9.08. The number of hydrogen-bond acceptors (Lipinski definition) is 6. The SMILES string of the molecule is CCCCOC(=O)C(NC(=O)C(F)(F)Sc1ncc(Br)n1-c1ccc(C#N)c2ccccc12)C(C)C. The maximum Gasteiger partial charge on any atom is 0.377 e. The van der Waals surface area contributed by atoms with Crippen LogP contribution in [-0.4, -0.2) is 39.3 Å². The average molecular weight is 579 g/mol. The molecule has 36 heavy (non-hydrogen) atoms. The van der Waals surface area contributed by atoms with Crippen LogP contribution in [0.4, 0.5) is 8.78 Å². The number of thioether (sulfide) groups is 1. The zero-order valence-electron chi connectivity index (χ0n) is 19.9. The lowest BCUT2D eigenvalue weighted by molar-refractivity contribution is -0.151. The van der Waals surface area contributed by atoms with Gasteiger partial charge in [0.15, 0.2) is 5.16 Å². The van der Waals surface area contributed by atoms with Gasteiger partial charge in [-0.25, -0.2) is 9.78 Å². The summed E-state index contributed by atoms with van der Waals surface area (Å²) in [4.78, 5) is 29.0. The molecule has 0 saturated heterocycles. The van der Waals surface area contributed by atoms with Gasteiger partial charge in [0.25, 0.3) is 0 Å². The first-order valence-electron chi connectivity index (χ1n) is 11.3. The van der Waals surface area contributed by atoms with Gasteiger partial charge in [-0.15, -0.1) is 0 Å². The van der Waals surface area contributed by atoms with Gasteiger partial charge in [-0.05, 0) is 52.2 Å². The molecule has 3 aromatic rings. The van der Waals surface area contributed by atoms with Crippen molar-refractivity contribution < 1.29 is 23.1 Å². The number of carbonyl (C=O) groups excluding carboxylic acids is 2. The van der Waals surface area contributed by atoms with Gasteiger partial charge in [-0.1, -0.05) is 51.5 Å². The number of unbranched alkanes of at least 4 members (excludes halogenated alkanes) is 1. The van der Waals surface area contributed by atoms with E-state index in [0.29, 0.717) is 33.0 Å². The molecule has 0 aliphatic carbocycles. The summed E-state index contributed by atoms with van der Waals surface area (Å²) in [6, 6.07) is 11.2. The molecule has 0 fully saturated rings. The number of rotatable bonds is 10. The van der Waals surface area contributed by atoms with Crippen molar-refractivity contribution in [2.45, 2.75) is 50.1 Å². The number of imidazole rings is 1. The number of nitrogens with zero attached hydrogens (tertiary/aromatic N) is 3. The molecule has 0 aliphatic rings. The minimum absolute atomic E-state index is 0.0390. The molecule has 7 nitrogen and oxygen atoms in total. The fraction of sp³-hybridized carbons (Fsp3) is 0.360. The fourth-order valence-electron chi connectivity index (χ4n) is 3.47. The summed E-state index contributed by atoms with van der Waals surface area (Å²) < 4.78 is 37.2. The Morgan fingerprint density at radius 1 is 1.25 bits per heavy atom. The van der Waals surface area contributed by atoms with Crippen molar-refractivity contribution in [3.05, 3.63) is 52.8 Å². The van der Waals surface area contributed by atoms with Crippen molar-refractivity contribution >= 4 is 50.3 Å². The highest BCUT2D eigenvalue weighted by Crippen LogP contribution is 2.39. The highest BCUT2D eigenvalue weighted by Gasteiger charge is 2.44. The molecule has 1 aromatic heterocycles. The number of alkyl halides is 2. The highest BCUT2D eigenvalue weighted by atomic mass is 79.9. The second-order valence-corrected chi connectivity index (χ2v) is 10.2. The van der Waals surface area contributed by atoms with Crippen molar-refractivity contribution in [2.24, 2.45) is 5.92 Å². The van der Waals surface area contributed by atoms with Crippen molar-refractivity contribution in [1.82, 2.24) is 14.9 Å². The molecule has 3 rings (SSSR count). The molecular formula is C25H25BrF2N4O3S. The zero-order chi connectivity index (χ0) is 26.5. The number of hydrogen-bond donors (Lipinski definition) is 1. The Bertz CT molecular complexity index is 1310. The maximum atomic E-state index is 15.1. The first-order chi connectivity index (χ1) is 17.1. The summed E-state index contributed by atoms with van der Waals surface area (Å²) in [5, 5.41) is 8.79. The largest absolute Gasteiger partial charge is 0.464 e. The molecule has 0 aliphatic heterocycles. The lowest BCUT2D eigenvalue weighted by atomic mass is 10.0. The quantitative estimate of drug-likeness (QED) is 0.185. The van der Waals surface area contributed by atoms with E-state index < -0.39 is 29.1 Å². The monoisotopic (exact) mass is 578 g/mol. The number of aromatic nitrogens is 2. The second-order valence-electron chi connectivity index (χ2n) is 8.32. The second kappa shape index (κ2) is 11.8. The number of nitrogens with one attached hydrogen (secondary N) is 1. The van der Waals surface area contributed by atoms with Crippen LogP contribution in [-0.2, 0) is 14.3 Å². The third kappa shape index (κ3) is 6.05. The van der Waals surface area contributed by atoms with E-state index in [1.807, 2.05) is 6.92 Å². The van der Waals surface area contributed by atoms with Crippen LogP contribution >= 0.6 is 27.7 Å². The van der Waals surface area contributed by atoms with Crippen LogP contribution in [0, 0.1) is 17.2 Å². The molecular weight excluding hydrogens is 554 g/mol. The Morgan fingerprint density at radius 2 is 1.94 bits per heavy atom. The molecule has 1 heterocycles. The number of halogens is 3. The maximum absolute atomic E-state index is 15.1. The van der Waals surface area contributed by atoms with E-state index in [-0.39, 0.29) is 23.5 Å². The molecule has 2 aromatic carbocycles. The van der Waals surface area contributed by atoms with Gasteiger partial charge in [0.05, 0.1) is 30.1 Å². The van der Waals surface area contributed by atoms with Gasteiger partial charge >= 0.3 is 17.1 Å². The van der Waals surface area contributed by atoms with Gasteiger partial charge in [0.2, 0.25) is 0 Å². The van der Waals surface area contributed by atoms with Crippen LogP contribution in [0.3, 0.4) is 0 Å². The summed E-state index contributed by atoms with van der Waals surface area (Å²) in [6.45, 7) is 5.36. The van der Waals surface area contributed by atoms with Crippen molar-refractivity contribution in [2.75, 3.05) is 6.61 Å². The van der Waals surface area contributed by atoms with Crippen molar-refractivity contribution in [3.63, 3.8) is 0 Å². The van der Waals surface area contributed by atoms with Gasteiger partial charge in [-0.3, -0.25) is 9.36 Å². The predicted octanol–water partition coefficient (Wildman–Crippen LogP) is 5.83. The zero-order valence-corrected chi connectivity index (χ0v) is 22.3. The number of fused-ring (bicyclic) bond motifs is 1. The Labute approximate surface area is 220 Å². The smallest absolute Gasteiger partial charge is 0.377 e. The molecule has 0 saturated carbocycles. The molecule has 1 N–H and O–H groups in total. The Balaban J connectivity index is 1.89. The lowest BCUT2D eigenvalue weighted by Crippen LogP contribution is -2.50. The van der Waals surface area contributed by atoms with Crippen LogP contribution in [0.15, 0.2) is 52.4 Å². The molecule has 1 atom stereocenters. The topological polar surface area (TPSA) is 97.0 Å². The number of benzene rings is 2. The van der Waals surface area contributed by atoms with Crippen LogP contribution in [0.25, 0.3) is 16.5 Å². The molecule has 0 bridgehead atoms. The van der Waals surface area contributed by atoms with Crippen LogP contribution in [0.5, 0.6) is 0 Å². The summed E-state index contributed by atoms with van der Waals surface area (Å²) in [6.07, 6.45) is 2.79. The molecule has 1 unspecified atom stereocenters. The highest BCUT2D eigenvalue weighted by molar-refractivity contribution is 9.10. The molecule has 0 spiro atoms. The summed E-state index contributed by atoms with van der Waals surface area (Å²) in [5.41, 5.74) is 0.947. The van der Waals surface area contributed by atoms with Gasteiger partial charge in [0, 0.05) is 10.8 Å². The summed E-state index contributed by atoms with van der Waals surface area (Å²) >= 11 is 3.30. The predicted molar refractivity (Wildman–Crippen MR) is 137 cm³/mol. The number of esters is 1. The minimum atomic E-state index is -3.94. The van der Waals surface area contributed by atoms with E-state index >= 15 is 8.78 Å². The molecule has 190 valence electrons. The first kappa shape index (κ1) is 27.6. The van der Waals surface area contributed by atoms with Gasteiger partial charge in [0.1, 0.15) is 10.6 Å². The number of carbonyl (C=O) groups is 2. The normalized spacial score (nSPS) is 12.4. The van der Waals surface area contributed by atoms with Gasteiger partial charge in [-0.2, -0.15) is 14.0 Å². The van der Waals surface area contributed by atoms with E-state index in [4.69, 9.17) is 4.74 Å².